The van der Waals surface area contributed by atoms with E-state index in [0.29, 0.717) is 12.1 Å². The highest BCUT2D eigenvalue weighted by molar-refractivity contribution is 6.09. The van der Waals surface area contributed by atoms with Crippen molar-refractivity contribution < 1.29 is 4.79 Å². The Bertz CT molecular complexity index is 976. The molecule has 2 aromatic heterocycles. The molecule has 0 spiro atoms. The Morgan fingerprint density at radius 3 is 2.78 bits per heavy atom. The summed E-state index contributed by atoms with van der Waals surface area (Å²) in [6.07, 6.45) is 3.47. The second-order valence-corrected chi connectivity index (χ2v) is 6.06. The number of aryl methyl sites for hydroxylation is 1. The Morgan fingerprint density at radius 1 is 1.19 bits per heavy atom. The number of hydrogen-bond donors (Lipinski definition) is 4. The van der Waals surface area contributed by atoms with Crippen LogP contribution in [0.2, 0.25) is 0 Å². The van der Waals surface area contributed by atoms with Crippen LogP contribution in [0.3, 0.4) is 0 Å². The fourth-order valence-corrected chi connectivity index (χ4v) is 2.86. The number of aromatic nitrogens is 2. The quantitative estimate of drug-likeness (QED) is 0.411. The summed E-state index contributed by atoms with van der Waals surface area (Å²) >= 11 is 0. The number of guanidine groups is 1. The van der Waals surface area contributed by atoms with Gasteiger partial charge < -0.3 is 20.9 Å². The van der Waals surface area contributed by atoms with Crippen LogP contribution in [-0.4, -0.2) is 34.9 Å². The Labute approximate surface area is 158 Å². The predicted octanol–water partition coefficient (Wildman–Crippen LogP) is 3.52. The first-order valence-electron chi connectivity index (χ1n) is 9.01. The lowest BCUT2D eigenvalue weighted by atomic mass is 10.1. The summed E-state index contributed by atoms with van der Waals surface area (Å²) in [5, 5.41) is 10.3. The van der Waals surface area contributed by atoms with Gasteiger partial charge in [-0.15, -0.1) is 0 Å². The fraction of sp³-hybridized carbons (Fsp3) is 0.250. The number of nitrogens with one attached hydrogen (secondary N) is 4. The molecule has 3 rings (SSSR count). The summed E-state index contributed by atoms with van der Waals surface area (Å²) < 4.78 is 0. The summed E-state index contributed by atoms with van der Waals surface area (Å²) in [6, 6.07) is 9.33. The molecule has 4 N–H and O–H groups in total. The number of pyridine rings is 1. The molecule has 1 amide bonds. The Hall–Kier alpha value is -3.35. The van der Waals surface area contributed by atoms with E-state index in [1.807, 2.05) is 45.0 Å². The molecule has 0 fully saturated rings. The zero-order valence-electron chi connectivity index (χ0n) is 15.8. The van der Waals surface area contributed by atoms with E-state index in [2.05, 4.69) is 30.9 Å². The van der Waals surface area contributed by atoms with Gasteiger partial charge in [0.15, 0.2) is 5.96 Å². The molecule has 27 heavy (non-hydrogen) atoms. The maximum Gasteiger partial charge on any atom is 0.255 e. The van der Waals surface area contributed by atoms with Crippen LogP contribution in [0.1, 0.15) is 29.8 Å². The SMILES string of the molecule is CCN=C(NCC)Nc1ccc(C(=O)Nc2ccnc3[nH]ccc23)c(C)c1. The lowest BCUT2D eigenvalue weighted by Gasteiger charge is -2.13. The van der Waals surface area contributed by atoms with Gasteiger partial charge in [0.1, 0.15) is 5.65 Å². The number of aliphatic imine (C=N–C) groups is 1. The van der Waals surface area contributed by atoms with Crippen LogP contribution in [0, 0.1) is 6.92 Å². The molecule has 0 saturated heterocycles. The highest BCUT2D eigenvalue weighted by Crippen LogP contribution is 2.22. The number of carbonyl (C=O) groups is 1. The van der Waals surface area contributed by atoms with E-state index in [1.165, 1.54) is 0 Å². The maximum absolute atomic E-state index is 12.7. The molecular formula is C20H24N6O. The number of rotatable bonds is 5. The highest BCUT2D eigenvalue weighted by atomic mass is 16.1. The van der Waals surface area contributed by atoms with Crippen molar-refractivity contribution in [2.45, 2.75) is 20.8 Å². The number of H-pyrrole nitrogens is 1. The smallest absolute Gasteiger partial charge is 0.255 e. The van der Waals surface area contributed by atoms with Crippen molar-refractivity contribution in [1.82, 2.24) is 15.3 Å². The van der Waals surface area contributed by atoms with Gasteiger partial charge in [0.25, 0.3) is 5.91 Å². The summed E-state index contributed by atoms with van der Waals surface area (Å²) in [4.78, 5) is 24.4. The van der Waals surface area contributed by atoms with E-state index in [1.54, 1.807) is 18.5 Å². The van der Waals surface area contributed by atoms with Crippen molar-refractivity contribution in [1.29, 1.82) is 0 Å². The molecule has 140 valence electrons. The number of anilines is 2. The minimum atomic E-state index is -0.151. The highest BCUT2D eigenvalue weighted by Gasteiger charge is 2.12. The normalized spacial score (nSPS) is 11.4. The largest absolute Gasteiger partial charge is 0.356 e. The van der Waals surface area contributed by atoms with Crippen LogP contribution in [0.4, 0.5) is 11.4 Å². The van der Waals surface area contributed by atoms with Gasteiger partial charge in [-0.05, 0) is 56.7 Å². The van der Waals surface area contributed by atoms with Crippen LogP contribution in [0.5, 0.6) is 0 Å². The van der Waals surface area contributed by atoms with E-state index in [-0.39, 0.29) is 5.91 Å². The molecule has 0 radical (unpaired) electrons. The van der Waals surface area contributed by atoms with Crippen molar-refractivity contribution in [2.75, 3.05) is 23.7 Å². The number of amides is 1. The van der Waals surface area contributed by atoms with Gasteiger partial charge in [-0.2, -0.15) is 0 Å². The number of carbonyl (C=O) groups excluding carboxylic acids is 1. The van der Waals surface area contributed by atoms with E-state index in [9.17, 15) is 4.79 Å². The number of benzene rings is 1. The van der Waals surface area contributed by atoms with E-state index in [0.717, 1.165) is 40.5 Å². The topological polar surface area (TPSA) is 94.2 Å². The molecule has 7 nitrogen and oxygen atoms in total. The van der Waals surface area contributed by atoms with Crippen LogP contribution in [0.15, 0.2) is 47.7 Å². The van der Waals surface area contributed by atoms with Crippen LogP contribution >= 0.6 is 0 Å². The Balaban J connectivity index is 1.78. The van der Waals surface area contributed by atoms with Gasteiger partial charge in [0.2, 0.25) is 0 Å². The zero-order chi connectivity index (χ0) is 19.2. The van der Waals surface area contributed by atoms with Gasteiger partial charge in [-0.25, -0.2) is 4.98 Å². The second kappa shape index (κ2) is 8.35. The van der Waals surface area contributed by atoms with Crippen molar-refractivity contribution in [2.24, 2.45) is 4.99 Å². The van der Waals surface area contributed by atoms with Gasteiger partial charge in [0, 0.05) is 42.1 Å². The molecule has 2 heterocycles. The molecule has 1 aromatic carbocycles. The number of aromatic amines is 1. The van der Waals surface area contributed by atoms with Gasteiger partial charge in [-0.3, -0.25) is 9.79 Å². The van der Waals surface area contributed by atoms with Gasteiger partial charge in [0.05, 0.1) is 5.69 Å². The number of hydrogen-bond acceptors (Lipinski definition) is 3. The molecule has 0 aliphatic rings. The Kier molecular flexibility index (Phi) is 5.71. The molecule has 7 heteroatoms. The minimum Gasteiger partial charge on any atom is -0.356 e. The third-order valence-corrected chi connectivity index (χ3v) is 4.10. The first kappa shape index (κ1) is 18.4. The molecule has 0 aliphatic carbocycles. The van der Waals surface area contributed by atoms with Gasteiger partial charge in [-0.1, -0.05) is 0 Å². The second-order valence-electron chi connectivity index (χ2n) is 6.06. The van der Waals surface area contributed by atoms with Crippen LogP contribution in [-0.2, 0) is 0 Å². The number of fused-ring (bicyclic) bond motifs is 1. The summed E-state index contributed by atoms with van der Waals surface area (Å²) in [7, 11) is 0. The fourth-order valence-electron chi connectivity index (χ4n) is 2.86. The van der Waals surface area contributed by atoms with Crippen molar-refractivity contribution in [3.05, 3.63) is 53.9 Å². The third-order valence-electron chi connectivity index (χ3n) is 4.10. The molecule has 0 saturated carbocycles. The van der Waals surface area contributed by atoms with E-state index in [4.69, 9.17) is 0 Å². The lowest BCUT2D eigenvalue weighted by molar-refractivity contribution is 0.102. The first-order valence-corrected chi connectivity index (χ1v) is 9.01. The molecule has 0 bridgehead atoms. The summed E-state index contributed by atoms with van der Waals surface area (Å²) in [6.45, 7) is 7.39. The zero-order valence-corrected chi connectivity index (χ0v) is 15.8. The standard InChI is InChI=1S/C20H24N6O/c1-4-21-20(22-5-2)25-14-6-7-15(13(3)12-14)19(27)26-17-9-11-24-18-16(17)8-10-23-18/h6-12H,4-5H2,1-3H3,(H2,21,22,25)(H2,23,24,26,27). The molecule has 0 unspecified atom stereocenters. The van der Waals surface area contributed by atoms with Crippen LogP contribution in [0.25, 0.3) is 11.0 Å². The van der Waals surface area contributed by atoms with E-state index >= 15 is 0 Å². The molecule has 0 atom stereocenters. The minimum absolute atomic E-state index is 0.151. The summed E-state index contributed by atoms with van der Waals surface area (Å²) in [5.74, 6) is 0.574. The van der Waals surface area contributed by atoms with Crippen molar-refractivity contribution in [3.8, 4) is 0 Å². The monoisotopic (exact) mass is 364 g/mol. The van der Waals surface area contributed by atoms with Crippen LogP contribution < -0.4 is 16.0 Å². The van der Waals surface area contributed by atoms with E-state index < -0.39 is 0 Å². The maximum atomic E-state index is 12.7. The van der Waals surface area contributed by atoms with Crippen molar-refractivity contribution in [3.63, 3.8) is 0 Å². The lowest BCUT2D eigenvalue weighted by Crippen LogP contribution is -2.30. The predicted molar refractivity (Wildman–Crippen MR) is 111 cm³/mol. The molecule has 0 aliphatic heterocycles. The first-order chi connectivity index (χ1) is 13.1. The average Bonchev–Trinajstić information content (AvgIpc) is 3.12. The average molecular weight is 364 g/mol. The number of nitrogens with zero attached hydrogens (tertiary/aromatic N) is 2. The Morgan fingerprint density at radius 2 is 2.04 bits per heavy atom. The summed E-state index contributed by atoms with van der Waals surface area (Å²) in [5.41, 5.74) is 3.87. The third kappa shape index (κ3) is 4.25. The molecule has 3 aromatic rings. The molecular weight excluding hydrogens is 340 g/mol. The van der Waals surface area contributed by atoms with Crippen molar-refractivity contribution >= 4 is 34.3 Å². The van der Waals surface area contributed by atoms with Gasteiger partial charge >= 0.3 is 0 Å².